The van der Waals surface area contributed by atoms with Crippen molar-refractivity contribution in [2.45, 2.75) is 58.3 Å². The standard InChI is InChI=1S/C15H27N3O2S/c1-14(2,3)11(19)9-17-12(20)10-21-13-16-7-8-18(13)15(4,5)6/h7-8,11,19H,9-10H2,1-6H3,(H,17,20). The molecule has 0 spiro atoms. The highest BCUT2D eigenvalue weighted by atomic mass is 32.2. The number of amides is 1. The van der Waals surface area contributed by atoms with E-state index in [1.54, 1.807) is 6.20 Å². The molecule has 0 aromatic carbocycles. The van der Waals surface area contributed by atoms with Gasteiger partial charge >= 0.3 is 0 Å². The third-order valence-corrected chi connectivity index (χ3v) is 4.12. The van der Waals surface area contributed by atoms with Gasteiger partial charge in [0.05, 0.1) is 11.9 Å². The number of nitrogens with one attached hydrogen (secondary N) is 1. The van der Waals surface area contributed by atoms with Crippen molar-refractivity contribution in [3.05, 3.63) is 12.4 Å². The van der Waals surface area contributed by atoms with Crippen molar-refractivity contribution >= 4 is 17.7 Å². The van der Waals surface area contributed by atoms with Crippen LogP contribution in [0.25, 0.3) is 0 Å². The van der Waals surface area contributed by atoms with Crippen molar-refractivity contribution in [2.75, 3.05) is 12.3 Å². The van der Waals surface area contributed by atoms with Gasteiger partial charge in [0.15, 0.2) is 5.16 Å². The lowest BCUT2D eigenvalue weighted by Crippen LogP contribution is -2.39. The van der Waals surface area contributed by atoms with Gasteiger partial charge in [-0.15, -0.1) is 0 Å². The summed E-state index contributed by atoms with van der Waals surface area (Å²) >= 11 is 1.41. The van der Waals surface area contributed by atoms with Gasteiger partial charge in [-0.25, -0.2) is 4.98 Å². The molecule has 21 heavy (non-hydrogen) atoms. The highest BCUT2D eigenvalue weighted by Crippen LogP contribution is 2.23. The normalized spacial score (nSPS) is 14.0. The lowest BCUT2D eigenvalue weighted by molar-refractivity contribution is -0.119. The summed E-state index contributed by atoms with van der Waals surface area (Å²) < 4.78 is 2.05. The molecule has 1 unspecified atom stereocenters. The summed E-state index contributed by atoms with van der Waals surface area (Å²) in [4.78, 5) is 16.1. The lowest BCUT2D eigenvalue weighted by Gasteiger charge is -2.26. The molecule has 1 aromatic heterocycles. The monoisotopic (exact) mass is 313 g/mol. The highest BCUT2D eigenvalue weighted by Gasteiger charge is 2.22. The number of aliphatic hydroxyl groups excluding tert-OH is 1. The Hall–Kier alpha value is -1.01. The minimum atomic E-state index is -0.553. The molecule has 2 N–H and O–H groups in total. The number of aliphatic hydroxyl groups is 1. The minimum absolute atomic E-state index is 0.0578. The molecule has 1 heterocycles. The fraction of sp³-hybridized carbons (Fsp3) is 0.733. The maximum absolute atomic E-state index is 11.9. The van der Waals surface area contributed by atoms with Gasteiger partial charge in [0.25, 0.3) is 0 Å². The van der Waals surface area contributed by atoms with Crippen LogP contribution in [0.3, 0.4) is 0 Å². The molecule has 6 heteroatoms. The number of imidazole rings is 1. The molecule has 0 aliphatic carbocycles. The van der Waals surface area contributed by atoms with Crippen LogP contribution in [0.5, 0.6) is 0 Å². The molecule has 0 saturated carbocycles. The number of hydrogen-bond acceptors (Lipinski definition) is 4. The zero-order chi connectivity index (χ0) is 16.3. The number of aromatic nitrogens is 2. The first-order chi connectivity index (χ1) is 9.51. The molecule has 1 atom stereocenters. The third-order valence-electron chi connectivity index (χ3n) is 3.15. The van der Waals surface area contributed by atoms with Crippen LogP contribution in [-0.2, 0) is 10.3 Å². The van der Waals surface area contributed by atoms with Crippen LogP contribution >= 0.6 is 11.8 Å². The van der Waals surface area contributed by atoms with E-state index in [-0.39, 0.29) is 23.4 Å². The van der Waals surface area contributed by atoms with E-state index in [4.69, 9.17) is 0 Å². The van der Waals surface area contributed by atoms with Gasteiger partial charge in [0.1, 0.15) is 0 Å². The Bertz CT molecular complexity index is 472. The first-order valence-electron chi connectivity index (χ1n) is 7.13. The van der Waals surface area contributed by atoms with Gasteiger partial charge in [0, 0.05) is 24.5 Å². The van der Waals surface area contributed by atoms with E-state index in [1.807, 2.05) is 27.0 Å². The van der Waals surface area contributed by atoms with E-state index in [9.17, 15) is 9.90 Å². The number of rotatable bonds is 5. The lowest BCUT2D eigenvalue weighted by atomic mass is 9.89. The molecule has 120 valence electrons. The van der Waals surface area contributed by atoms with Crippen molar-refractivity contribution in [3.63, 3.8) is 0 Å². The maximum atomic E-state index is 11.9. The van der Waals surface area contributed by atoms with Gasteiger partial charge in [0.2, 0.25) is 5.91 Å². The Balaban J connectivity index is 2.46. The summed E-state index contributed by atoms with van der Waals surface area (Å²) in [7, 11) is 0. The van der Waals surface area contributed by atoms with Gasteiger partial charge in [-0.05, 0) is 26.2 Å². The smallest absolute Gasteiger partial charge is 0.230 e. The Morgan fingerprint density at radius 3 is 2.52 bits per heavy atom. The number of carbonyl (C=O) groups is 1. The zero-order valence-corrected chi connectivity index (χ0v) is 14.6. The summed E-state index contributed by atoms with van der Waals surface area (Å²) in [6, 6.07) is 0. The molecule has 0 fully saturated rings. The van der Waals surface area contributed by atoms with Crippen molar-refractivity contribution in [1.82, 2.24) is 14.9 Å². The van der Waals surface area contributed by atoms with Gasteiger partial charge in [-0.2, -0.15) is 0 Å². The Kier molecular flexibility index (Phi) is 5.87. The van der Waals surface area contributed by atoms with Crippen LogP contribution in [-0.4, -0.2) is 39.0 Å². The molecule has 0 aliphatic rings. The number of thioether (sulfide) groups is 1. The fourth-order valence-corrected chi connectivity index (χ4v) is 2.58. The van der Waals surface area contributed by atoms with Crippen molar-refractivity contribution in [2.24, 2.45) is 5.41 Å². The second-order valence-corrected chi connectivity index (χ2v) is 8.17. The molecular formula is C15H27N3O2S. The summed E-state index contributed by atoms with van der Waals surface area (Å²) in [6.45, 7) is 12.4. The van der Waals surface area contributed by atoms with E-state index < -0.39 is 6.10 Å². The summed E-state index contributed by atoms with van der Waals surface area (Å²) in [5, 5.41) is 13.5. The van der Waals surface area contributed by atoms with Crippen LogP contribution in [0.2, 0.25) is 0 Å². The molecule has 0 radical (unpaired) electrons. The average Bonchev–Trinajstić information content (AvgIpc) is 2.80. The van der Waals surface area contributed by atoms with E-state index in [2.05, 4.69) is 35.6 Å². The van der Waals surface area contributed by atoms with Crippen LogP contribution in [0.4, 0.5) is 0 Å². The SMILES string of the molecule is CC(C)(C)C(O)CNC(=O)CSc1nccn1C(C)(C)C. The van der Waals surface area contributed by atoms with E-state index >= 15 is 0 Å². The predicted octanol–water partition coefficient (Wildman–Crippen LogP) is 2.25. The molecule has 0 aliphatic heterocycles. The maximum Gasteiger partial charge on any atom is 0.230 e. The van der Waals surface area contributed by atoms with Crippen LogP contribution in [0.1, 0.15) is 41.5 Å². The topological polar surface area (TPSA) is 67.2 Å². The average molecular weight is 313 g/mol. The van der Waals surface area contributed by atoms with Gasteiger partial charge in [-0.1, -0.05) is 32.5 Å². The first-order valence-corrected chi connectivity index (χ1v) is 8.12. The van der Waals surface area contributed by atoms with Crippen molar-refractivity contribution in [3.8, 4) is 0 Å². The Morgan fingerprint density at radius 2 is 2.00 bits per heavy atom. The molecule has 0 saturated heterocycles. The van der Waals surface area contributed by atoms with Crippen molar-refractivity contribution < 1.29 is 9.90 Å². The molecule has 1 rings (SSSR count). The van der Waals surface area contributed by atoms with Crippen molar-refractivity contribution in [1.29, 1.82) is 0 Å². The Morgan fingerprint density at radius 1 is 1.38 bits per heavy atom. The predicted molar refractivity (Wildman–Crippen MR) is 86.4 cm³/mol. The van der Waals surface area contributed by atoms with Crippen LogP contribution < -0.4 is 5.32 Å². The summed E-state index contributed by atoms with van der Waals surface area (Å²) in [6.07, 6.45) is 3.11. The quantitative estimate of drug-likeness (QED) is 0.818. The third kappa shape index (κ3) is 5.71. The number of nitrogens with zero attached hydrogens (tertiary/aromatic N) is 2. The first kappa shape index (κ1) is 18.0. The van der Waals surface area contributed by atoms with Crippen LogP contribution in [0, 0.1) is 5.41 Å². The van der Waals surface area contributed by atoms with Crippen LogP contribution in [0.15, 0.2) is 17.6 Å². The van der Waals surface area contributed by atoms with Gasteiger partial charge in [-0.3, -0.25) is 4.79 Å². The molecule has 5 nitrogen and oxygen atoms in total. The van der Waals surface area contributed by atoms with Gasteiger partial charge < -0.3 is 15.0 Å². The molecule has 1 amide bonds. The molecular weight excluding hydrogens is 286 g/mol. The second-order valence-electron chi connectivity index (χ2n) is 7.23. The zero-order valence-electron chi connectivity index (χ0n) is 13.8. The van der Waals surface area contributed by atoms with E-state index in [1.165, 1.54) is 11.8 Å². The number of carbonyl (C=O) groups excluding carboxylic acids is 1. The molecule has 1 aromatic rings. The highest BCUT2D eigenvalue weighted by molar-refractivity contribution is 7.99. The molecule has 0 bridgehead atoms. The largest absolute Gasteiger partial charge is 0.391 e. The fourth-order valence-electron chi connectivity index (χ4n) is 1.60. The Labute approximate surface area is 131 Å². The summed E-state index contributed by atoms with van der Waals surface area (Å²) in [5.41, 5.74) is -0.291. The van der Waals surface area contributed by atoms with E-state index in [0.717, 1.165) is 5.16 Å². The minimum Gasteiger partial charge on any atom is -0.391 e. The summed E-state index contributed by atoms with van der Waals surface area (Å²) in [5.74, 6) is 0.205. The number of hydrogen-bond donors (Lipinski definition) is 2. The second kappa shape index (κ2) is 6.83. The van der Waals surface area contributed by atoms with E-state index in [0.29, 0.717) is 5.75 Å².